The van der Waals surface area contributed by atoms with Gasteiger partial charge in [-0.15, -0.1) is 11.5 Å². The first-order chi connectivity index (χ1) is 6.77. The molecule has 0 spiro atoms. The van der Waals surface area contributed by atoms with Gasteiger partial charge in [0.15, 0.2) is 5.69 Å². The van der Waals surface area contributed by atoms with Gasteiger partial charge in [-0.2, -0.15) is 0 Å². The van der Waals surface area contributed by atoms with Crippen LogP contribution in [-0.2, 0) is 6.54 Å². The van der Waals surface area contributed by atoms with E-state index >= 15 is 0 Å². The van der Waals surface area contributed by atoms with E-state index in [0.717, 1.165) is 0 Å². The Morgan fingerprint density at radius 3 is 3.21 bits per heavy atom. The molecule has 0 aromatic carbocycles. The van der Waals surface area contributed by atoms with Crippen LogP contribution < -0.4 is 11.1 Å². The molecule has 0 atom stereocenters. The van der Waals surface area contributed by atoms with Gasteiger partial charge in [0, 0.05) is 6.54 Å². The lowest BCUT2D eigenvalue weighted by atomic mass is 10.4. The number of carbonyl (C=O) groups is 1. The number of carbonyl (C=O) groups excluding carboxylic acids is 1. The van der Waals surface area contributed by atoms with Crippen molar-refractivity contribution in [2.45, 2.75) is 6.54 Å². The second-order valence-corrected chi connectivity index (χ2v) is 2.54. The number of amides is 1. The van der Waals surface area contributed by atoms with Gasteiger partial charge >= 0.3 is 0 Å². The van der Waals surface area contributed by atoms with Crippen molar-refractivity contribution in [3.05, 3.63) is 11.9 Å². The average molecular weight is 193 g/mol. The summed E-state index contributed by atoms with van der Waals surface area (Å²) < 4.78 is 1.50. The molecule has 0 bridgehead atoms. The third-order valence-corrected chi connectivity index (χ3v) is 1.48. The molecule has 1 amide bonds. The van der Waals surface area contributed by atoms with Crippen LogP contribution in [0.25, 0.3) is 0 Å². The van der Waals surface area contributed by atoms with E-state index in [9.17, 15) is 4.79 Å². The molecule has 0 saturated carbocycles. The van der Waals surface area contributed by atoms with Crippen molar-refractivity contribution in [1.29, 1.82) is 0 Å². The van der Waals surface area contributed by atoms with Crippen molar-refractivity contribution >= 4 is 5.91 Å². The first-order valence-corrected chi connectivity index (χ1v) is 4.09. The summed E-state index contributed by atoms with van der Waals surface area (Å²) in [7, 11) is 0. The number of terminal acetylenes is 1. The Morgan fingerprint density at radius 1 is 1.79 bits per heavy atom. The Labute approximate surface area is 81.5 Å². The summed E-state index contributed by atoms with van der Waals surface area (Å²) in [4.78, 5) is 11.3. The Kier molecular flexibility index (Phi) is 3.64. The van der Waals surface area contributed by atoms with E-state index in [-0.39, 0.29) is 18.1 Å². The van der Waals surface area contributed by atoms with Gasteiger partial charge in [-0.1, -0.05) is 11.1 Å². The monoisotopic (exact) mass is 193 g/mol. The number of aromatic nitrogens is 3. The maximum absolute atomic E-state index is 11.3. The number of nitrogens with two attached hydrogens (primary N) is 1. The molecule has 1 heterocycles. The summed E-state index contributed by atoms with van der Waals surface area (Å²) >= 11 is 0. The van der Waals surface area contributed by atoms with E-state index in [4.69, 9.17) is 12.2 Å². The molecular formula is C8H11N5O. The third-order valence-electron chi connectivity index (χ3n) is 1.48. The molecule has 0 saturated heterocycles. The molecule has 14 heavy (non-hydrogen) atoms. The molecule has 1 aromatic rings. The number of hydrogen-bond donors (Lipinski definition) is 2. The molecule has 0 fully saturated rings. The number of hydrogen-bond acceptors (Lipinski definition) is 4. The summed E-state index contributed by atoms with van der Waals surface area (Å²) in [6.07, 6.45) is 6.51. The molecule has 1 aromatic heterocycles. The van der Waals surface area contributed by atoms with Crippen LogP contribution in [0.2, 0.25) is 0 Å². The van der Waals surface area contributed by atoms with Crippen LogP contribution in [0.1, 0.15) is 10.5 Å². The van der Waals surface area contributed by atoms with E-state index in [1.165, 1.54) is 10.9 Å². The van der Waals surface area contributed by atoms with Crippen molar-refractivity contribution in [1.82, 2.24) is 20.3 Å². The van der Waals surface area contributed by atoms with Crippen molar-refractivity contribution in [3.63, 3.8) is 0 Å². The van der Waals surface area contributed by atoms with Gasteiger partial charge in [-0.3, -0.25) is 9.48 Å². The highest BCUT2D eigenvalue weighted by Crippen LogP contribution is 1.91. The zero-order valence-corrected chi connectivity index (χ0v) is 7.60. The van der Waals surface area contributed by atoms with Gasteiger partial charge < -0.3 is 11.1 Å². The Bertz CT molecular complexity index is 351. The molecule has 0 unspecified atom stereocenters. The molecule has 6 nitrogen and oxygen atoms in total. The molecule has 0 aliphatic heterocycles. The maximum atomic E-state index is 11.3. The summed E-state index contributed by atoms with van der Waals surface area (Å²) in [5.74, 6) is 1.97. The molecule has 74 valence electrons. The minimum Gasteiger partial charge on any atom is -0.340 e. The van der Waals surface area contributed by atoms with E-state index in [0.29, 0.717) is 13.1 Å². The van der Waals surface area contributed by atoms with Gasteiger partial charge in [0.1, 0.15) is 0 Å². The third kappa shape index (κ3) is 2.57. The lowest BCUT2D eigenvalue weighted by molar-refractivity contribution is 0.0953. The number of rotatable bonds is 4. The molecule has 0 radical (unpaired) electrons. The first-order valence-electron chi connectivity index (χ1n) is 4.09. The fourth-order valence-corrected chi connectivity index (χ4v) is 0.866. The summed E-state index contributed by atoms with van der Waals surface area (Å²) in [5, 5.41) is 9.86. The van der Waals surface area contributed by atoms with Gasteiger partial charge in [0.2, 0.25) is 0 Å². The van der Waals surface area contributed by atoms with E-state index in [1.54, 1.807) is 0 Å². The highest BCUT2D eigenvalue weighted by atomic mass is 16.1. The minimum absolute atomic E-state index is 0.183. The predicted octanol–water partition coefficient (Wildman–Crippen LogP) is -1.40. The summed E-state index contributed by atoms with van der Waals surface area (Å²) in [6, 6.07) is 0. The highest BCUT2D eigenvalue weighted by Gasteiger charge is 2.08. The van der Waals surface area contributed by atoms with Crippen LogP contribution in [0.5, 0.6) is 0 Å². The maximum Gasteiger partial charge on any atom is 0.274 e. The summed E-state index contributed by atoms with van der Waals surface area (Å²) in [5.41, 5.74) is 5.55. The van der Waals surface area contributed by atoms with Crippen LogP contribution in [-0.4, -0.2) is 34.0 Å². The predicted molar refractivity (Wildman–Crippen MR) is 50.2 cm³/mol. The minimum atomic E-state index is -0.328. The zero-order chi connectivity index (χ0) is 10.4. The molecule has 6 heteroatoms. The molecular weight excluding hydrogens is 182 g/mol. The van der Waals surface area contributed by atoms with Crippen molar-refractivity contribution < 1.29 is 4.79 Å². The van der Waals surface area contributed by atoms with Gasteiger partial charge in [-0.05, 0) is 0 Å². The molecule has 0 aliphatic carbocycles. The zero-order valence-electron chi connectivity index (χ0n) is 7.60. The van der Waals surface area contributed by atoms with E-state index in [2.05, 4.69) is 21.5 Å². The van der Waals surface area contributed by atoms with Crippen LogP contribution in [0.15, 0.2) is 6.20 Å². The summed E-state index contributed by atoms with van der Waals surface area (Å²) in [6.45, 7) is 1.17. The Balaban J connectivity index is 2.58. The molecule has 3 N–H and O–H groups in total. The van der Waals surface area contributed by atoms with Crippen molar-refractivity contribution in [2.24, 2.45) is 5.73 Å². The topological polar surface area (TPSA) is 85.8 Å². The lowest BCUT2D eigenvalue weighted by Crippen LogP contribution is -2.23. The van der Waals surface area contributed by atoms with Crippen LogP contribution in [0, 0.1) is 12.3 Å². The fraction of sp³-hybridized carbons (Fsp3) is 0.375. The quantitative estimate of drug-likeness (QED) is 0.576. The average Bonchev–Trinajstić information content (AvgIpc) is 2.63. The normalized spacial score (nSPS) is 9.43. The Hall–Kier alpha value is -1.87. The van der Waals surface area contributed by atoms with Crippen LogP contribution in [0.3, 0.4) is 0 Å². The van der Waals surface area contributed by atoms with Gasteiger partial charge in [0.05, 0.1) is 19.3 Å². The Morgan fingerprint density at radius 2 is 2.57 bits per heavy atom. The standard InChI is InChI=1S/C8H11N5O/c1-2-4-10-8(14)7-6-13(5-3-9)12-11-7/h1,6H,3-5,9H2,(H,10,14). The highest BCUT2D eigenvalue weighted by molar-refractivity contribution is 5.91. The fourth-order valence-electron chi connectivity index (χ4n) is 0.866. The first kappa shape index (κ1) is 10.2. The second kappa shape index (κ2) is 4.99. The van der Waals surface area contributed by atoms with Crippen molar-refractivity contribution in [2.75, 3.05) is 13.1 Å². The van der Waals surface area contributed by atoms with Crippen LogP contribution >= 0.6 is 0 Å². The lowest BCUT2D eigenvalue weighted by Gasteiger charge is -1.95. The largest absolute Gasteiger partial charge is 0.340 e. The van der Waals surface area contributed by atoms with Gasteiger partial charge in [-0.25, -0.2) is 0 Å². The number of nitrogens with zero attached hydrogens (tertiary/aromatic N) is 3. The van der Waals surface area contributed by atoms with Crippen LogP contribution in [0.4, 0.5) is 0 Å². The SMILES string of the molecule is C#CCNC(=O)c1cn(CCN)nn1. The van der Waals surface area contributed by atoms with Crippen molar-refractivity contribution in [3.8, 4) is 12.3 Å². The smallest absolute Gasteiger partial charge is 0.274 e. The van der Waals surface area contributed by atoms with Gasteiger partial charge in [0.25, 0.3) is 5.91 Å². The van der Waals surface area contributed by atoms with E-state index < -0.39 is 0 Å². The number of nitrogens with one attached hydrogen (secondary N) is 1. The second-order valence-electron chi connectivity index (χ2n) is 2.54. The molecule has 1 rings (SSSR count). The molecule has 0 aliphatic rings. The van der Waals surface area contributed by atoms with E-state index in [1.807, 2.05) is 0 Å².